The molecule has 0 atom stereocenters. The molecule has 2 aromatic carbocycles. The molecule has 4 nitrogen and oxygen atoms in total. The Labute approximate surface area is 158 Å². The summed E-state index contributed by atoms with van der Waals surface area (Å²) in [4.78, 5) is 20.9. The van der Waals surface area contributed by atoms with Crippen molar-refractivity contribution in [2.45, 2.75) is 10.9 Å². The lowest BCUT2D eigenvalue weighted by atomic mass is 10.1. The zero-order chi connectivity index (χ0) is 17.9. The first-order valence-electron chi connectivity index (χ1n) is 7.93. The van der Waals surface area contributed by atoms with Crippen molar-refractivity contribution in [3.05, 3.63) is 81.5 Å². The summed E-state index contributed by atoms with van der Waals surface area (Å²) in [6.07, 6.45) is 0. The summed E-state index contributed by atoms with van der Waals surface area (Å²) in [6.45, 7) is 0. The molecule has 0 bridgehead atoms. The van der Waals surface area contributed by atoms with Crippen LogP contribution in [0.25, 0.3) is 21.3 Å². The van der Waals surface area contributed by atoms with Crippen LogP contribution in [-0.2, 0) is 5.75 Å². The number of H-pyrrole nitrogens is 1. The third-order valence-electron chi connectivity index (χ3n) is 3.97. The first-order valence-corrected chi connectivity index (χ1v) is 9.80. The van der Waals surface area contributed by atoms with E-state index in [1.54, 1.807) is 12.1 Å². The number of fused-ring (bicyclic) bond motifs is 1. The smallest absolute Gasteiger partial charge is 0.260 e. The maximum atomic E-state index is 12.6. The van der Waals surface area contributed by atoms with Gasteiger partial charge in [-0.25, -0.2) is 4.98 Å². The van der Waals surface area contributed by atoms with Gasteiger partial charge in [-0.1, -0.05) is 54.2 Å². The summed E-state index contributed by atoms with van der Waals surface area (Å²) in [7, 11) is 0. The van der Waals surface area contributed by atoms with Gasteiger partial charge in [-0.3, -0.25) is 4.79 Å². The van der Waals surface area contributed by atoms with Crippen LogP contribution in [0.4, 0.5) is 0 Å². The van der Waals surface area contributed by atoms with E-state index in [4.69, 9.17) is 5.26 Å². The van der Waals surface area contributed by atoms with Gasteiger partial charge in [0, 0.05) is 16.7 Å². The molecule has 1 N–H and O–H groups in total. The Morgan fingerprint density at radius 1 is 1.12 bits per heavy atom. The van der Waals surface area contributed by atoms with Gasteiger partial charge in [-0.05, 0) is 23.3 Å². The highest BCUT2D eigenvalue weighted by Crippen LogP contribution is 2.31. The number of hydrogen-bond acceptors (Lipinski definition) is 5. The summed E-state index contributed by atoms with van der Waals surface area (Å²) in [6, 6.07) is 19.4. The molecule has 0 aliphatic heterocycles. The van der Waals surface area contributed by atoms with E-state index < -0.39 is 0 Å². The van der Waals surface area contributed by atoms with Crippen LogP contribution in [0.1, 0.15) is 11.1 Å². The molecule has 0 aliphatic rings. The Hall–Kier alpha value is -2.88. The highest BCUT2D eigenvalue weighted by Gasteiger charge is 2.13. The molecule has 0 radical (unpaired) electrons. The van der Waals surface area contributed by atoms with Crippen LogP contribution >= 0.6 is 23.1 Å². The summed E-state index contributed by atoms with van der Waals surface area (Å²) in [5.74, 6) is 0.678. The van der Waals surface area contributed by atoms with Crippen molar-refractivity contribution in [2.24, 2.45) is 0 Å². The Kier molecular flexibility index (Phi) is 4.57. The minimum Gasteiger partial charge on any atom is -0.301 e. The van der Waals surface area contributed by atoms with Crippen LogP contribution in [0.2, 0.25) is 0 Å². The number of nitrogens with one attached hydrogen (secondary N) is 1. The standard InChI is InChI=1S/C20H13N3OS2/c21-10-13-6-8-14(9-7-13)11-26-20-22-18(24)17-16(12-25-19(17)23-20)15-4-2-1-3-5-15/h1-9,12H,11H2,(H,22,23,24). The molecule has 0 unspecified atom stereocenters. The molecule has 26 heavy (non-hydrogen) atoms. The van der Waals surface area contributed by atoms with Crippen LogP contribution in [0.3, 0.4) is 0 Å². The summed E-state index contributed by atoms with van der Waals surface area (Å²) < 4.78 is 0. The largest absolute Gasteiger partial charge is 0.301 e. The third-order valence-corrected chi connectivity index (χ3v) is 5.78. The Morgan fingerprint density at radius 2 is 1.88 bits per heavy atom. The SMILES string of the molecule is N#Cc1ccc(CSc2nc3scc(-c4ccccc4)c3c(=O)[nH]2)cc1. The Balaban J connectivity index is 1.62. The lowest BCUT2D eigenvalue weighted by molar-refractivity contribution is 0.980. The number of aromatic amines is 1. The number of aromatic nitrogens is 2. The monoisotopic (exact) mass is 375 g/mol. The number of hydrogen-bond donors (Lipinski definition) is 1. The Morgan fingerprint density at radius 3 is 2.62 bits per heavy atom. The van der Waals surface area contributed by atoms with Gasteiger partial charge in [0.05, 0.1) is 17.0 Å². The molecule has 0 saturated heterocycles. The second-order valence-electron chi connectivity index (χ2n) is 5.66. The third kappa shape index (κ3) is 3.27. The molecule has 2 heterocycles. The summed E-state index contributed by atoms with van der Waals surface area (Å²) >= 11 is 2.96. The van der Waals surface area contributed by atoms with Crippen molar-refractivity contribution in [1.82, 2.24) is 9.97 Å². The number of thiophene rings is 1. The minimum absolute atomic E-state index is 0.113. The van der Waals surface area contributed by atoms with E-state index in [0.717, 1.165) is 21.5 Å². The topological polar surface area (TPSA) is 69.5 Å². The van der Waals surface area contributed by atoms with Crippen LogP contribution in [0.5, 0.6) is 0 Å². The maximum absolute atomic E-state index is 12.6. The van der Waals surface area contributed by atoms with Gasteiger partial charge < -0.3 is 4.98 Å². The molecule has 6 heteroatoms. The van der Waals surface area contributed by atoms with Crippen molar-refractivity contribution in [3.63, 3.8) is 0 Å². The van der Waals surface area contributed by atoms with E-state index in [-0.39, 0.29) is 5.56 Å². The average Bonchev–Trinajstić information content (AvgIpc) is 3.12. The zero-order valence-electron chi connectivity index (χ0n) is 13.6. The summed E-state index contributed by atoms with van der Waals surface area (Å²) in [5.41, 5.74) is 3.54. The van der Waals surface area contributed by atoms with E-state index in [9.17, 15) is 4.79 Å². The van der Waals surface area contributed by atoms with Gasteiger partial charge in [0.1, 0.15) is 4.83 Å². The minimum atomic E-state index is -0.113. The van der Waals surface area contributed by atoms with Crippen LogP contribution in [-0.4, -0.2) is 9.97 Å². The first-order chi connectivity index (χ1) is 12.7. The fourth-order valence-electron chi connectivity index (χ4n) is 2.65. The predicted octanol–water partition coefficient (Wildman–Crippen LogP) is 4.82. The number of rotatable bonds is 4. The van der Waals surface area contributed by atoms with Gasteiger partial charge in [-0.15, -0.1) is 11.3 Å². The molecule has 0 fully saturated rings. The van der Waals surface area contributed by atoms with Crippen LogP contribution in [0, 0.1) is 11.3 Å². The maximum Gasteiger partial charge on any atom is 0.260 e. The highest BCUT2D eigenvalue weighted by atomic mass is 32.2. The van der Waals surface area contributed by atoms with E-state index in [0.29, 0.717) is 21.9 Å². The van der Waals surface area contributed by atoms with Crippen molar-refractivity contribution < 1.29 is 0 Å². The molecule has 2 aromatic heterocycles. The van der Waals surface area contributed by atoms with Crippen LogP contribution < -0.4 is 5.56 Å². The lowest BCUT2D eigenvalue weighted by Crippen LogP contribution is -2.08. The number of benzene rings is 2. The van der Waals surface area contributed by atoms with Crippen molar-refractivity contribution in [2.75, 3.05) is 0 Å². The van der Waals surface area contributed by atoms with Crippen molar-refractivity contribution >= 4 is 33.3 Å². The van der Waals surface area contributed by atoms with Crippen molar-refractivity contribution in [3.8, 4) is 17.2 Å². The van der Waals surface area contributed by atoms with E-state index in [2.05, 4.69) is 16.0 Å². The molecule has 0 spiro atoms. The predicted molar refractivity (Wildman–Crippen MR) is 106 cm³/mol. The molecule has 0 aliphatic carbocycles. The van der Waals surface area contributed by atoms with E-state index in [1.807, 2.05) is 47.8 Å². The first kappa shape index (κ1) is 16.6. The van der Waals surface area contributed by atoms with Gasteiger partial charge in [-0.2, -0.15) is 5.26 Å². The normalized spacial score (nSPS) is 10.7. The number of nitriles is 1. The zero-order valence-corrected chi connectivity index (χ0v) is 15.2. The number of thioether (sulfide) groups is 1. The molecule has 0 amide bonds. The van der Waals surface area contributed by atoms with Gasteiger partial charge in [0.15, 0.2) is 5.16 Å². The molecule has 126 valence electrons. The molecule has 4 aromatic rings. The fraction of sp³-hybridized carbons (Fsp3) is 0.0500. The molecule has 0 saturated carbocycles. The lowest BCUT2D eigenvalue weighted by Gasteiger charge is -2.03. The average molecular weight is 375 g/mol. The molecular formula is C20H13N3OS2. The molecule has 4 rings (SSSR count). The van der Waals surface area contributed by atoms with Crippen LogP contribution in [0.15, 0.2) is 69.9 Å². The van der Waals surface area contributed by atoms with Gasteiger partial charge >= 0.3 is 0 Å². The second kappa shape index (κ2) is 7.16. The second-order valence-corrected chi connectivity index (χ2v) is 7.49. The summed E-state index contributed by atoms with van der Waals surface area (Å²) in [5, 5.41) is 12.1. The molecular weight excluding hydrogens is 362 g/mol. The van der Waals surface area contributed by atoms with E-state index in [1.165, 1.54) is 23.1 Å². The highest BCUT2D eigenvalue weighted by molar-refractivity contribution is 7.98. The number of nitrogens with zero attached hydrogens (tertiary/aromatic N) is 2. The van der Waals surface area contributed by atoms with Gasteiger partial charge in [0.25, 0.3) is 5.56 Å². The Bertz CT molecular complexity index is 1160. The van der Waals surface area contributed by atoms with Gasteiger partial charge in [0.2, 0.25) is 0 Å². The van der Waals surface area contributed by atoms with Crippen molar-refractivity contribution in [1.29, 1.82) is 5.26 Å². The fourth-order valence-corrected chi connectivity index (χ4v) is 4.48. The quantitative estimate of drug-likeness (QED) is 0.410. The van der Waals surface area contributed by atoms with E-state index >= 15 is 0 Å².